The van der Waals surface area contributed by atoms with Crippen molar-refractivity contribution in [1.82, 2.24) is 5.32 Å². The first-order chi connectivity index (χ1) is 7.95. The van der Waals surface area contributed by atoms with Gasteiger partial charge in [0, 0.05) is 5.56 Å². The summed E-state index contributed by atoms with van der Waals surface area (Å²) in [4.78, 5) is 22.6. The van der Waals surface area contributed by atoms with Crippen molar-refractivity contribution in [3.05, 3.63) is 29.3 Å². The largest absolute Gasteiger partial charge is 0.496 e. The number of nitrogens with two attached hydrogens (primary N) is 1. The molecule has 17 heavy (non-hydrogen) atoms. The van der Waals surface area contributed by atoms with E-state index in [1.54, 1.807) is 18.2 Å². The monoisotopic (exact) mass is 236 g/mol. The standard InChI is InChI=1S/C12H16N2O3/c1-7-4-5-9(6-10(7)17-3)12(16)14-8(2)11(13)15/h4-6,8H,1-3H3,(H2,13,15)(H,14,16). The predicted octanol–water partition coefficient (Wildman–Crippen LogP) is 0.607. The van der Waals surface area contributed by atoms with Crippen LogP contribution in [0.25, 0.3) is 0 Å². The van der Waals surface area contributed by atoms with Crippen molar-refractivity contribution in [2.45, 2.75) is 19.9 Å². The van der Waals surface area contributed by atoms with E-state index in [2.05, 4.69) is 5.32 Å². The molecule has 5 heteroatoms. The summed E-state index contributed by atoms with van der Waals surface area (Å²) in [5.74, 6) is -0.295. The minimum absolute atomic E-state index is 0.352. The van der Waals surface area contributed by atoms with Crippen LogP contribution in [0.15, 0.2) is 18.2 Å². The lowest BCUT2D eigenvalue weighted by Crippen LogP contribution is -2.42. The molecular formula is C12H16N2O3. The molecule has 92 valence electrons. The summed E-state index contributed by atoms with van der Waals surface area (Å²) in [6.45, 7) is 3.41. The SMILES string of the molecule is COc1cc(C(=O)NC(C)C(N)=O)ccc1C. The molecule has 1 aromatic rings. The maximum Gasteiger partial charge on any atom is 0.252 e. The van der Waals surface area contributed by atoms with Crippen molar-refractivity contribution in [3.63, 3.8) is 0 Å². The van der Waals surface area contributed by atoms with E-state index in [0.717, 1.165) is 5.56 Å². The Bertz CT molecular complexity index is 443. The number of primary amides is 1. The lowest BCUT2D eigenvalue weighted by atomic mass is 10.1. The number of carbonyl (C=O) groups excluding carboxylic acids is 2. The van der Waals surface area contributed by atoms with Gasteiger partial charge in [-0.2, -0.15) is 0 Å². The quantitative estimate of drug-likeness (QED) is 0.803. The van der Waals surface area contributed by atoms with Gasteiger partial charge in [-0.05, 0) is 31.5 Å². The number of ether oxygens (including phenoxy) is 1. The summed E-state index contributed by atoms with van der Waals surface area (Å²) in [5.41, 5.74) is 6.43. The molecule has 0 fully saturated rings. The minimum atomic E-state index is -0.699. The fourth-order valence-electron chi connectivity index (χ4n) is 1.31. The van der Waals surface area contributed by atoms with Crippen LogP contribution in [0.1, 0.15) is 22.8 Å². The van der Waals surface area contributed by atoms with Gasteiger partial charge in [-0.3, -0.25) is 9.59 Å². The van der Waals surface area contributed by atoms with Gasteiger partial charge < -0.3 is 15.8 Å². The zero-order valence-electron chi connectivity index (χ0n) is 10.1. The van der Waals surface area contributed by atoms with Crippen LogP contribution in [0.3, 0.4) is 0 Å². The van der Waals surface area contributed by atoms with Crippen molar-refractivity contribution in [1.29, 1.82) is 0 Å². The maximum absolute atomic E-state index is 11.8. The van der Waals surface area contributed by atoms with E-state index in [-0.39, 0.29) is 5.91 Å². The van der Waals surface area contributed by atoms with Gasteiger partial charge in [-0.15, -0.1) is 0 Å². The molecule has 1 aromatic carbocycles. The van der Waals surface area contributed by atoms with Gasteiger partial charge in [-0.25, -0.2) is 0 Å². The van der Waals surface area contributed by atoms with Crippen molar-refractivity contribution < 1.29 is 14.3 Å². The van der Waals surface area contributed by atoms with Gasteiger partial charge in [-0.1, -0.05) is 6.07 Å². The lowest BCUT2D eigenvalue weighted by Gasteiger charge is -2.11. The Labute approximate surface area is 99.9 Å². The number of carbonyl (C=O) groups is 2. The lowest BCUT2D eigenvalue weighted by molar-refractivity contribution is -0.119. The second-order valence-electron chi connectivity index (χ2n) is 3.78. The Morgan fingerprint density at radius 1 is 1.41 bits per heavy atom. The van der Waals surface area contributed by atoms with Crippen LogP contribution in [0.5, 0.6) is 5.75 Å². The topological polar surface area (TPSA) is 81.4 Å². The summed E-state index contributed by atoms with van der Waals surface area (Å²) in [6.07, 6.45) is 0. The van der Waals surface area contributed by atoms with Crippen LogP contribution in [-0.4, -0.2) is 25.0 Å². The Morgan fingerprint density at radius 2 is 2.06 bits per heavy atom. The number of rotatable bonds is 4. The molecule has 0 radical (unpaired) electrons. The normalized spacial score (nSPS) is 11.7. The van der Waals surface area contributed by atoms with E-state index < -0.39 is 11.9 Å². The highest BCUT2D eigenvalue weighted by molar-refractivity contribution is 5.97. The minimum Gasteiger partial charge on any atom is -0.496 e. The number of aryl methyl sites for hydroxylation is 1. The zero-order chi connectivity index (χ0) is 13.0. The molecule has 2 amide bonds. The fourth-order valence-corrected chi connectivity index (χ4v) is 1.31. The third-order valence-electron chi connectivity index (χ3n) is 2.44. The van der Waals surface area contributed by atoms with Gasteiger partial charge in [0.2, 0.25) is 5.91 Å². The van der Waals surface area contributed by atoms with Crippen molar-refractivity contribution in [2.75, 3.05) is 7.11 Å². The fraction of sp³-hybridized carbons (Fsp3) is 0.333. The second-order valence-corrected chi connectivity index (χ2v) is 3.78. The predicted molar refractivity (Wildman–Crippen MR) is 63.9 cm³/mol. The van der Waals surface area contributed by atoms with Gasteiger partial charge in [0.05, 0.1) is 7.11 Å². The highest BCUT2D eigenvalue weighted by atomic mass is 16.5. The number of hydrogen-bond donors (Lipinski definition) is 2. The molecule has 5 nitrogen and oxygen atoms in total. The molecule has 1 atom stereocenters. The highest BCUT2D eigenvalue weighted by Crippen LogP contribution is 2.18. The van der Waals surface area contributed by atoms with Crippen molar-refractivity contribution in [2.24, 2.45) is 5.73 Å². The molecule has 0 aliphatic rings. The Hall–Kier alpha value is -2.04. The first kappa shape index (κ1) is 13.0. The Morgan fingerprint density at radius 3 is 2.59 bits per heavy atom. The van der Waals surface area contributed by atoms with E-state index >= 15 is 0 Å². The van der Waals surface area contributed by atoms with Gasteiger partial charge in [0.25, 0.3) is 5.91 Å². The summed E-state index contributed by atoms with van der Waals surface area (Å²) < 4.78 is 5.12. The number of nitrogens with one attached hydrogen (secondary N) is 1. The number of methoxy groups -OCH3 is 1. The number of amides is 2. The smallest absolute Gasteiger partial charge is 0.252 e. The number of benzene rings is 1. The van der Waals surface area contributed by atoms with Gasteiger partial charge in [0.15, 0.2) is 0 Å². The molecule has 0 spiro atoms. The van der Waals surface area contributed by atoms with E-state index in [0.29, 0.717) is 11.3 Å². The summed E-state index contributed by atoms with van der Waals surface area (Å²) >= 11 is 0. The van der Waals surface area contributed by atoms with E-state index in [9.17, 15) is 9.59 Å². The maximum atomic E-state index is 11.8. The molecule has 0 saturated heterocycles. The molecule has 0 bridgehead atoms. The van der Waals surface area contributed by atoms with Crippen molar-refractivity contribution >= 4 is 11.8 Å². The second kappa shape index (κ2) is 5.34. The molecule has 0 aliphatic heterocycles. The summed E-state index contributed by atoms with van der Waals surface area (Å²) in [7, 11) is 1.54. The average molecular weight is 236 g/mol. The van der Waals surface area contributed by atoms with Crippen LogP contribution in [0.2, 0.25) is 0 Å². The van der Waals surface area contributed by atoms with Crippen LogP contribution in [0.4, 0.5) is 0 Å². The van der Waals surface area contributed by atoms with Crippen LogP contribution in [0, 0.1) is 6.92 Å². The van der Waals surface area contributed by atoms with Crippen molar-refractivity contribution in [3.8, 4) is 5.75 Å². The molecule has 0 heterocycles. The Kier molecular flexibility index (Phi) is 4.09. The van der Waals surface area contributed by atoms with E-state index in [1.165, 1.54) is 14.0 Å². The molecule has 3 N–H and O–H groups in total. The van der Waals surface area contributed by atoms with Crippen LogP contribution in [-0.2, 0) is 4.79 Å². The van der Waals surface area contributed by atoms with Crippen LogP contribution >= 0.6 is 0 Å². The van der Waals surface area contributed by atoms with E-state index in [1.807, 2.05) is 6.92 Å². The summed E-state index contributed by atoms with van der Waals surface area (Å²) in [6, 6.07) is 4.37. The molecule has 0 aliphatic carbocycles. The van der Waals surface area contributed by atoms with Crippen LogP contribution < -0.4 is 15.8 Å². The third kappa shape index (κ3) is 3.21. The molecule has 0 aromatic heterocycles. The molecule has 0 saturated carbocycles. The molecular weight excluding hydrogens is 220 g/mol. The summed E-state index contributed by atoms with van der Waals surface area (Å²) in [5, 5.41) is 2.50. The molecule has 1 unspecified atom stereocenters. The Balaban J connectivity index is 2.86. The van der Waals surface area contributed by atoms with E-state index in [4.69, 9.17) is 10.5 Å². The first-order valence-corrected chi connectivity index (χ1v) is 5.20. The van der Waals surface area contributed by atoms with Gasteiger partial charge in [0.1, 0.15) is 11.8 Å². The number of hydrogen-bond acceptors (Lipinski definition) is 3. The zero-order valence-corrected chi connectivity index (χ0v) is 10.1. The first-order valence-electron chi connectivity index (χ1n) is 5.20. The molecule has 1 rings (SSSR count). The highest BCUT2D eigenvalue weighted by Gasteiger charge is 2.14. The average Bonchev–Trinajstić information content (AvgIpc) is 2.29. The third-order valence-corrected chi connectivity index (χ3v) is 2.44. The van der Waals surface area contributed by atoms with Gasteiger partial charge >= 0.3 is 0 Å².